The maximum Gasteiger partial charge on any atom is 0.326 e. The molecule has 1 amide bonds. The van der Waals surface area contributed by atoms with Crippen LogP contribution in [0.3, 0.4) is 0 Å². The lowest BCUT2D eigenvalue weighted by molar-refractivity contribution is -0.139. The lowest BCUT2D eigenvalue weighted by Crippen LogP contribution is -2.41. The van der Waals surface area contributed by atoms with Gasteiger partial charge in [-0.1, -0.05) is 13.8 Å². The second-order valence-electron chi connectivity index (χ2n) is 4.39. The summed E-state index contributed by atoms with van der Waals surface area (Å²) in [5.74, 6) is -2.27. The third kappa shape index (κ3) is 4.12. The van der Waals surface area contributed by atoms with Crippen molar-refractivity contribution >= 4 is 11.9 Å². The van der Waals surface area contributed by atoms with Gasteiger partial charge in [-0.05, 0) is 18.4 Å². The number of aliphatic carboxylic acids is 1. The summed E-state index contributed by atoms with van der Waals surface area (Å²) in [4.78, 5) is 26.2. The molecule has 1 aromatic rings. The molecular formula is C12H15FN2O3. The van der Waals surface area contributed by atoms with E-state index in [0.717, 1.165) is 12.3 Å². The van der Waals surface area contributed by atoms with Gasteiger partial charge in [-0.3, -0.25) is 9.78 Å². The number of nitrogens with zero attached hydrogens (tertiary/aromatic N) is 1. The van der Waals surface area contributed by atoms with Crippen LogP contribution in [0, 0.1) is 11.7 Å². The van der Waals surface area contributed by atoms with Crippen LogP contribution in [0.25, 0.3) is 0 Å². The van der Waals surface area contributed by atoms with Crippen LogP contribution in [0.4, 0.5) is 4.39 Å². The van der Waals surface area contributed by atoms with Gasteiger partial charge in [0.1, 0.15) is 11.9 Å². The highest BCUT2D eigenvalue weighted by Crippen LogP contribution is 2.07. The number of rotatable bonds is 5. The first-order chi connectivity index (χ1) is 8.40. The van der Waals surface area contributed by atoms with E-state index < -0.39 is 23.7 Å². The maximum atomic E-state index is 12.9. The van der Waals surface area contributed by atoms with E-state index in [-0.39, 0.29) is 11.5 Å². The molecular weight excluding hydrogens is 239 g/mol. The molecule has 0 radical (unpaired) electrons. The van der Waals surface area contributed by atoms with Crippen LogP contribution < -0.4 is 5.32 Å². The summed E-state index contributed by atoms with van der Waals surface area (Å²) in [6.07, 6.45) is 2.47. The Balaban J connectivity index is 2.75. The molecule has 0 bridgehead atoms. The zero-order valence-corrected chi connectivity index (χ0v) is 10.2. The van der Waals surface area contributed by atoms with Crippen LogP contribution >= 0.6 is 0 Å². The molecule has 18 heavy (non-hydrogen) atoms. The zero-order chi connectivity index (χ0) is 13.7. The minimum Gasteiger partial charge on any atom is -0.480 e. The van der Waals surface area contributed by atoms with Crippen molar-refractivity contribution in [2.45, 2.75) is 26.3 Å². The molecule has 0 aromatic carbocycles. The van der Waals surface area contributed by atoms with E-state index in [4.69, 9.17) is 5.11 Å². The van der Waals surface area contributed by atoms with Crippen molar-refractivity contribution in [2.24, 2.45) is 5.92 Å². The summed E-state index contributed by atoms with van der Waals surface area (Å²) in [6.45, 7) is 3.71. The molecule has 0 fully saturated rings. The molecule has 1 rings (SSSR count). The molecule has 1 heterocycles. The molecule has 0 saturated heterocycles. The molecule has 98 valence electrons. The highest BCUT2D eigenvalue weighted by Gasteiger charge is 2.21. The van der Waals surface area contributed by atoms with Crippen LogP contribution in [-0.4, -0.2) is 28.0 Å². The highest BCUT2D eigenvalue weighted by atomic mass is 19.1. The Bertz CT molecular complexity index is 449. The first kappa shape index (κ1) is 14.1. The van der Waals surface area contributed by atoms with Crippen LogP contribution in [0.15, 0.2) is 18.5 Å². The average Bonchev–Trinajstić information content (AvgIpc) is 2.27. The summed E-state index contributed by atoms with van der Waals surface area (Å²) >= 11 is 0. The predicted octanol–water partition coefficient (Wildman–Crippen LogP) is 1.45. The first-order valence-electron chi connectivity index (χ1n) is 5.54. The van der Waals surface area contributed by atoms with E-state index in [1.807, 2.05) is 13.8 Å². The normalized spacial score (nSPS) is 12.2. The quantitative estimate of drug-likeness (QED) is 0.833. The molecule has 0 aliphatic carbocycles. The van der Waals surface area contributed by atoms with Gasteiger partial charge in [0.15, 0.2) is 0 Å². The fraction of sp³-hybridized carbons (Fsp3) is 0.417. The standard InChI is InChI=1S/C12H15FN2O3/c1-7(2)3-10(12(17)18)15-11(16)8-4-9(13)6-14-5-8/h4-7,10H,3H2,1-2H3,(H,15,16)(H,17,18). The van der Waals surface area contributed by atoms with Crippen LogP contribution in [-0.2, 0) is 4.79 Å². The molecule has 1 unspecified atom stereocenters. The number of hydrogen-bond donors (Lipinski definition) is 2. The van der Waals surface area contributed by atoms with Gasteiger partial charge < -0.3 is 10.4 Å². The molecule has 1 aromatic heterocycles. The maximum absolute atomic E-state index is 12.9. The van der Waals surface area contributed by atoms with E-state index in [2.05, 4.69) is 10.3 Å². The number of aromatic nitrogens is 1. The monoisotopic (exact) mass is 254 g/mol. The zero-order valence-electron chi connectivity index (χ0n) is 10.2. The lowest BCUT2D eigenvalue weighted by atomic mass is 10.0. The molecule has 5 nitrogen and oxygen atoms in total. The topological polar surface area (TPSA) is 79.3 Å². The predicted molar refractivity (Wildman–Crippen MR) is 62.5 cm³/mol. The number of nitrogens with one attached hydrogen (secondary N) is 1. The summed E-state index contributed by atoms with van der Waals surface area (Å²) in [7, 11) is 0. The van der Waals surface area contributed by atoms with Gasteiger partial charge in [-0.2, -0.15) is 0 Å². The molecule has 0 aliphatic rings. The van der Waals surface area contributed by atoms with Crippen molar-refractivity contribution in [1.29, 1.82) is 0 Å². The first-order valence-corrected chi connectivity index (χ1v) is 5.54. The van der Waals surface area contributed by atoms with Crippen molar-refractivity contribution < 1.29 is 19.1 Å². The van der Waals surface area contributed by atoms with Crippen LogP contribution in [0.2, 0.25) is 0 Å². The number of carboxylic acid groups (broad SMARTS) is 1. The number of halogens is 1. The van der Waals surface area contributed by atoms with Crippen molar-refractivity contribution in [2.75, 3.05) is 0 Å². The highest BCUT2D eigenvalue weighted by molar-refractivity contribution is 5.96. The summed E-state index contributed by atoms with van der Waals surface area (Å²) < 4.78 is 12.9. The van der Waals surface area contributed by atoms with Gasteiger partial charge in [0, 0.05) is 6.20 Å². The summed E-state index contributed by atoms with van der Waals surface area (Å²) in [6, 6.07) is 0.0251. The number of carboxylic acids is 1. The Morgan fingerprint density at radius 1 is 1.44 bits per heavy atom. The van der Waals surface area contributed by atoms with Gasteiger partial charge in [0.2, 0.25) is 0 Å². The Hall–Kier alpha value is -1.98. The molecule has 0 aliphatic heterocycles. The van der Waals surface area contributed by atoms with E-state index in [0.29, 0.717) is 6.42 Å². The molecule has 1 atom stereocenters. The number of carbonyl (C=O) groups is 2. The fourth-order valence-electron chi connectivity index (χ4n) is 1.47. The van der Waals surface area contributed by atoms with Gasteiger partial charge >= 0.3 is 5.97 Å². The molecule has 0 saturated carbocycles. The number of pyridine rings is 1. The Morgan fingerprint density at radius 2 is 2.11 bits per heavy atom. The van der Waals surface area contributed by atoms with Crippen LogP contribution in [0.5, 0.6) is 0 Å². The van der Waals surface area contributed by atoms with E-state index in [9.17, 15) is 14.0 Å². The SMILES string of the molecule is CC(C)CC(NC(=O)c1cncc(F)c1)C(=O)O. The van der Waals surface area contributed by atoms with E-state index in [1.165, 1.54) is 6.20 Å². The molecule has 2 N–H and O–H groups in total. The van der Waals surface area contributed by atoms with Crippen molar-refractivity contribution in [1.82, 2.24) is 10.3 Å². The Kier molecular flexibility index (Phi) is 4.76. The van der Waals surface area contributed by atoms with Crippen molar-refractivity contribution in [3.8, 4) is 0 Å². The van der Waals surface area contributed by atoms with Gasteiger partial charge in [-0.15, -0.1) is 0 Å². The van der Waals surface area contributed by atoms with Crippen molar-refractivity contribution in [3.63, 3.8) is 0 Å². The minimum atomic E-state index is -1.11. The second-order valence-corrected chi connectivity index (χ2v) is 4.39. The van der Waals surface area contributed by atoms with Crippen molar-refractivity contribution in [3.05, 3.63) is 29.8 Å². The smallest absolute Gasteiger partial charge is 0.326 e. The third-order valence-corrected chi connectivity index (χ3v) is 2.28. The minimum absolute atomic E-state index is 0.00464. The Labute approximate surface area is 104 Å². The summed E-state index contributed by atoms with van der Waals surface area (Å²) in [5, 5.41) is 11.3. The number of hydrogen-bond acceptors (Lipinski definition) is 3. The van der Waals surface area contributed by atoms with Gasteiger partial charge in [0.05, 0.1) is 11.8 Å². The number of carbonyl (C=O) groups excluding carboxylic acids is 1. The van der Waals surface area contributed by atoms with Crippen LogP contribution in [0.1, 0.15) is 30.6 Å². The lowest BCUT2D eigenvalue weighted by Gasteiger charge is -2.16. The fourth-order valence-corrected chi connectivity index (χ4v) is 1.47. The molecule has 6 heteroatoms. The second kappa shape index (κ2) is 6.09. The average molecular weight is 254 g/mol. The summed E-state index contributed by atoms with van der Waals surface area (Å²) in [5.41, 5.74) is 0.00464. The van der Waals surface area contributed by atoms with Gasteiger partial charge in [0.25, 0.3) is 5.91 Å². The number of amides is 1. The van der Waals surface area contributed by atoms with E-state index >= 15 is 0 Å². The Morgan fingerprint density at radius 3 is 2.61 bits per heavy atom. The largest absolute Gasteiger partial charge is 0.480 e. The third-order valence-electron chi connectivity index (χ3n) is 2.28. The van der Waals surface area contributed by atoms with Gasteiger partial charge in [-0.25, -0.2) is 9.18 Å². The molecule has 0 spiro atoms. The van der Waals surface area contributed by atoms with E-state index in [1.54, 1.807) is 0 Å².